The molecule has 2 fully saturated rings. The minimum atomic E-state index is 0.676. The second kappa shape index (κ2) is 6.03. The van der Waals surface area contributed by atoms with Gasteiger partial charge < -0.3 is 15.2 Å². The molecule has 1 saturated carbocycles. The molecule has 106 valence electrons. The zero-order valence-electron chi connectivity index (χ0n) is 11.7. The molecule has 2 heterocycles. The van der Waals surface area contributed by atoms with Gasteiger partial charge in [-0.15, -0.1) is 0 Å². The minimum Gasteiger partial charge on any atom is -0.336 e. The lowest BCUT2D eigenvalue weighted by molar-refractivity contribution is 0.122. The summed E-state index contributed by atoms with van der Waals surface area (Å²) >= 11 is 0. The molecule has 1 aliphatic carbocycles. The normalized spacial score (nSPS) is 21.9. The van der Waals surface area contributed by atoms with Crippen LogP contribution in [0.3, 0.4) is 0 Å². The predicted molar refractivity (Wildman–Crippen MR) is 75.7 cm³/mol. The van der Waals surface area contributed by atoms with Crippen LogP contribution < -0.4 is 5.73 Å². The van der Waals surface area contributed by atoms with E-state index in [-0.39, 0.29) is 0 Å². The summed E-state index contributed by atoms with van der Waals surface area (Å²) in [6.45, 7) is 8.65. The average Bonchev–Trinajstić information content (AvgIpc) is 3.12. The Balaban J connectivity index is 1.42. The lowest BCUT2D eigenvalue weighted by Gasteiger charge is -2.34. The number of hydrogen-bond donors (Lipinski definition) is 1. The van der Waals surface area contributed by atoms with Crippen molar-refractivity contribution >= 4 is 0 Å². The Morgan fingerprint density at radius 2 is 1.89 bits per heavy atom. The standard InChI is InChI=1S/C14H25N5/c15-3-4-19-11-14(16-12-19)10-18-7-5-17(6-8-18)9-13-1-2-13/h11-13H,1-10,15H2. The van der Waals surface area contributed by atoms with Crippen LogP contribution in [0, 0.1) is 5.92 Å². The fraction of sp³-hybridized carbons (Fsp3) is 0.786. The van der Waals surface area contributed by atoms with E-state index in [4.69, 9.17) is 5.73 Å². The topological polar surface area (TPSA) is 50.3 Å². The molecule has 5 heteroatoms. The molecule has 19 heavy (non-hydrogen) atoms. The number of imidazole rings is 1. The maximum Gasteiger partial charge on any atom is 0.0950 e. The summed E-state index contributed by atoms with van der Waals surface area (Å²) in [5.41, 5.74) is 6.72. The summed E-state index contributed by atoms with van der Waals surface area (Å²) < 4.78 is 2.08. The molecule has 1 saturated heterocycles. The van der Waals surface area contributed by atoms with Gasteiger partial charge >= 0.3 is 0 Å². The molecule has 2 N–H and O–H groups in total. The van der Waals surface area contributed by atoms with Crippen molar-refractivity contribution in [2.45, 2.75) is 25.9 Å². The Hall–Kier alpha value is -0.910. The molecule has 0 aromatic carbocycles. The van der Waals surface area contributed by atoms with Crippen molar-refractivity contribution in [3.63, 3.8) is 0 Å². The maximum absolute atomic E-state index is 5.55. The number of nitrogens with two attached hydrogens (primary N) is 1. The third-order valence-corrected chi connectivity index (χ3v) is 4.14. The third-order valence-electron chi connectivity index (χ3n) is 4.14. The van der Waals surface area contributed by atoms with Gasteiger partial charge in [0.2, 0.25) is 0 Å². The van der Waals surface area contributed by atoms with Gasteiger partial charge in [0.05, 0.1) is 12.0 Å². The van der Waals surface area contributed by atoms with Crippen molar-refractivity contribution in [1.82, 2.24) is 19.4 Å². The van der Waals surface area contributed by atoms with Crippen LogP contribution >= 0.6 is 0 Å². The highest BCUT2D eigenvalue weighted by molar-refractivity contribution is 4.97. The van der Waals surface area contributed by atoms with Crippen LogP contribution in [-0.4, -0.2) is 58.6 Å². The van der Waals surface area contributed by atoms with E-state index in [0.717, 1.165) is 19.0 Å². The summed E-state index contributed by atoms with van der Waals surface area (Å²) in [6.07, 6.45) is 6.94. The molecule has 1 aliphatic heterocycles. The Kier molecular flexibility index (Phi) is 4.15. The quantitative estimate of drug-likeness (QED) is 0.805. The number of piperazine rings is 1. The second-order valence-electron chi connectivity index (χ2n) is 5.91. The van der Waals surface area contributed by atoms with E-state index in [0.29, 0.717) is 6.54 Å². The monoisotopic (exact) mass is 263 g/mol. The van der Waals surface area contributed by atoms with Crippen LogP contribution in [0.2, 0.25) is 0 Å². The fourth-order valence-corrected chi connectivity index (χ4v) is 2.78. The first-order valence-electron chi connectivity index (χ1n) is 7.49. The summed E-state index contributed by atoms with van der Waals surface area (Å²) in [7, 11) is 0. The van der Waals surface area contributed by atoms with E-state index in [2.05, 4.69) is 25.5 Å². The van der Waals surface area contributed by atoms with Gasteiger partial charge in [-0.2, -0.15) is 0 Å². The first-order chi connectivity index (χ1) is 9.33. The molecule has 1 aromatic heterocycles. The van der Waals surface area contributed by atoms with Gasteiger partial charge in [-0.1, -0.05) is 0 Å². The summed E-state index contributed by atoms with van der Waals surface area (Å²) in [5, 5.41) is 0. The van der Waals surface area contributed by atoms with Crippen molar-refractivity contribution in [3.05, 3.63) is 18.2 Å². The van der Waals surface area contributed by atoms with Crippen LogP contribution in [0.25, 0.3) is 0 Å². The van der Waals surface area contributed by atoms with Gasteiger partial charge in [-0.25, -0.2) is 4.98 Å². The smallest absolute Gasteiger partial charge is 0.0950 e. The highest BCUT2D eigenvalue weighted by Crippen LogP contribution is 2.29. The van der Waals surface area contributed by atoms with Crippen LogP contribution in [-0.2, 0) is 13.1 Å². The third kappa shape index (κ3) is 3.78. The van der Waals surface area contributed by atoms with Crippen molar-refractivity contribution < 1.29 is 0 Å². The van der Waals surface area contributed by atoms with Crippen LogP contribution in [0.15, 0.2) is 12.5 Å². The van der Waals surface area contributed by atoms with E-state index >= 15 is 0 Å². The summed E-state index contributed by atoms with van der Waals surface area (Å²) in [4.78, 5) is 9.60. The Morgan fingerprint density at radius 1 is 1.16 bits per heavy atom. The molecule has 0 amide bonds. The highest BCUT2D eigenvalue weighted by atomic mass is 15.3. The van der Waals surface area contributed by atoms with Crippen molar-refractivity contribution in [2.24, 2.45) is 11.7 Å². The lowest BCUT2D eigenvalue weighted by atomic mass is 10.2. The Bertz CT molecular complexity index is 390. The van der Waals surface area contributed by atoms with Gasteiger partial charge in [-0.3, -0.25) is 4.90 Å². The van der Waals surface area contributed by atoms with Crippen LogP contribution in [0.4, 0.5) is 0 Å². The first-order valence-corrected chi connectivity index (χ1v) is 7.49. The molecule has 0 unspecified atom stereocenters. The molecular weight excluding hydrogens is 238 g/mol. The fourth-order valence-electron chi connectivity index (χ4n) is 2.78. The van der Waals surface area contributed by atoms with Crippen molar-refractivity contribution in [1.29, 1.82) is 0 Å². The van der Waals surface area contributed by atoms with Gasteiger partial charge in [0, 0.05) is 58.6 Å². The Labute approximate surface area is 115 Å². The Morgan fingerprint density at radius 3 is 2.58 bits per heavy atom. The zero-order chi connectivity index (χ0) is 13.1. The van der Waals surface area contributed by atoms with E-state index in [9.17, 15) is 0 Å². The van der Waals surface area contributed by atoms with E-state index in [1.165, 1.54) is 51.3 Å². The molecule has 2 aliphatic rings. The number of aromatic nitrogens is 2. The number of rotatable bonds is 6. The SMILES string of the molecule is NCCn1cnc(CN2CCN(CC3CC3)CC2)c1. The number of nitrogens with zero attached hydrogens (tertiary/aromatic N) is 4. The first kappa shape index (κ1) is 13.1. The molecule has 5 nitrogen and oxygen atoms in total. The van der Waals surface area contributed by atoms with E-state index in [1.807, 2.05) is 6.33 Å². The van der Waals surface area contributed by atoms with Gasteiger partial charge in [0.1, 0.15) is 0 Å². The molecule has 3 rings (SSSR count). The molecule has 0 spiro atoms. The second-order valence-corrected chi connectivity index (χ2v) is 5.91. The van der Waals surface area contributed by atoms with E-state index in [1.54, 1.807) is 0 Å². The van der Waals surface area contributed by atoms with Gasteiger partial charge in [0.15, 0.2) is 0 Å². The molecule has 0 bridgehead atoms. The highest BCUT2D eigenvalue weighted by Gasteiger charge is 2.26. The predicted octanol–water partition coefficient (Wildman–Crippen LogP) is 0.369. The summed E-state index contributed by atoms with van der Waals surface area (Å²) in [5.74, 6) is 1.01. The van der Waals surface area contributed by atoms with Crippen molar-refractivity contribution in [3.8, 4) is 0 Å². The van der Waals surface area contributed by atoms with Gasteiger partial charge in [-0.05, 0) is 18.8 Å². The molecule has 0 atom stereocenters. The van der Waals surface area contributed by atoms with Gasteiger partial charge in [0.25, 0.3) is 0 Å². The molecular formula is C14H25N5. The van der Waals surface area contributed by atoms with Crippen LogP contribution in [0.5, 0.6) is 0 Å². The maximum atomic E-state index is 5.55. The molecule has 0 radical (unpaired) electrons. The minimum absolute atomic E-state index is 0.676. The van der Waals surface area contributed by atoms with E-state index < -0.39 is 0 Å². The number of hydrogen-bond acceptors (Lipinski definition) is 4. The lowest BCUT2D eigenvalue weighted by Crippen LogP contribution is -2.46. The molecule has 1 aromatic rings. The van der Waals surface area contributed by atoms with Crippen molar-refractivity contribution in [2.75, 3.05) is 39.3 Å². The summed E-state index contributed by atoms with van der Waals surface area (Å²) in [6, 6.07) is 0. The van der Waals surface area contributed by atoms with Crippen LogP contribution in [0.1, 0.15) is 18.5 Å². The average molecular weight is 263 g/mol. The largest absolute Gasteiger partial charge is 0.336 e. The zero-order valence-corrected chi connectivity index (χ0v) is 11.7.